The van der Waals surface area contributed by atoms with Gasteiger partial charge in [0.15, 0.2) is 0 Å². The molecule has 8 rings (SSSR count). The number of benzene rings is 4. The highest BCUT2D eigenvalue weighted by Gasteiger charge is 2.23. The zero-order valence-corrected chi connectivity index (χ0v) is 40.3. The first-order valence-electron chi connectivity index (χ1n) is 22.7. The molecule has 0 bridgehead atoms. The summed E-state index contributed by atoms with van der Waals surface area (Å²) in [6, 6.07) is 28.6. The number of ketones is 2. The van der Waals surface area contributed by atoms with E-state index < -0.39 is 38.2 Å². The summed E-state index contributed by atoms with van der Waals surface area (Å²) in [5.41, 5.74) is 21.1. The maximum atomic E-state index is 13.9. The molecule has 2 saturated heterocycles. The van der Waals surface area contributed by atoms with Gasteiger partial charge in [0.25, 0.3) is 0 Å². The fourth-order valence-corrected chi connectivity index (χ4v) is 8.31. The molecule has 0 amide bonds. The first-order valence-corrected chi connectivity index (χ1v) is 24.4. The van der Waals surface area contributed by atoms with Crippen molar-refractivity contribution in [1.82, 2.24) is 29.7 Å². The minimum Gasteiger partial charge on any atom is -0.399 e. The molecule has 0 aliphatic carbocycles. The van der Waals surface area contributed by atoms with E-state index in [1.165, 1.54) is 60.9 Å². The van der Waals surface area contributed by atoms with Crippen molar-refractivity contribution in [3.63, 3.8) is 0 Å². The third kappa shape index (κ3) is 13.8. The number of nitrogens with zero attached hydrogens (tertiary/aromatic N) is 8. The van der Waals surface area contributed by atoms with Crippen molar-refractivity contribution in [2.75, 3.05) is 90.4 Å². The molecule has 372 valence electrons. The fourth-order valence-electron chi connectivity index (χ4n) is 7.61. The van der Waals surface area contributed by atoms with Gasteiger partial charge in [0.1, 0.15) is 23.3 Å². The number of nitrogen functional groups attached to an aromatic ring is 3. The third-order valence-electron chi connectivity index (χ3n) is 11.8. The molecule has 70 heavy (non-hydrogen) atoms. The number of nitrogens with two attached hydrogens (primary N) is 3. The van der Waals surface area contributed by atoms with E-state index in [4.69, 9.17) is 17.2 Å². The number of anilines is 7. The number of carbonyl (C=O) groups is 2. The molecule has 0 unspecified atom stereocenters. The Kier molecular flexibility index (Phi) is 18.8. The molecular formula is C51H64F2N12O4S. The summed E-state index contributed by atoms with van der Waals surface area (Å²) in [7, 11) is -3.62. The maximum Gasteiger partial charge on any atom is 0.249 e. The minimum atomic E-state index is -3.62. The molecule has 19 heteroatoms. The SMILES string of the molecule is C.CC(C)N1CCN(c2ccc(N)cc2)CC1.CC(C)N1CCN(c2ccc(Nc3ncc(C(=O)c4ccccc4F)c(N)n3)cc2)CC1.CCS(=O)(=O)c1ncc(C(=O)c2ccccc2F)c(N)n1. The highest BCUT2D eigenvalue weighted by atomic mass is 32.2. The smallest absolute Gasteiger partial charge is 0.249 e. The number of rotatable bonds is 12. The summed E-state index contributed by atoms with van der Waals surface area (Å²) >= 11 is 0. The van der Waals surface area contributed by atoms with Crippen LogP contribution in [0.1, 0.15) is 73.9 Å². The van der Waals surface area contributed by atoms with Gasteiger partial charge in [-0.3, -0.25) is 19.4 Å². The largest absolute Gasteiger partial charge is 0.399 e. The zero-order chi connectivity index (χ0) is 49.8. The number of nitrogens with one attached hydrogen (secondary N) is 1. The van der Waals surface area contributed by atoms with Crippen molar-refractivity contribution in [3.8, 4) is 0 Å². The van der Waals surface area contributed by atoms with Gasteiger partial charge >= 0.3 is 0 Å². The van der Waals surface area contributed by atoms with Crippen LogP contribution in [0.4, 0.5) is 49.1 Å². The second-order valence-corrected chi connectivity index (χ2v) is 19.1. The van der Waals surface area contributed by atoms with E-state index in [2.05, 4.69) is 96.8 Å². The lowest BCUT2D eigenvalue weighted by atomic mass is 10.0. The highest BCUT2D eigenvalue weighted by molar-refractivity contribution is 7.91. The average molecular weight is 979 g/mol. The van der Waals surface area contributed by atoms with Crippen molar-refractivity contribution in [2.24, 2.45) is 0 Å². The van der Waals surface area contributed by atoms with Crippen molar-refractivity contribution in [2.45, 2.75) is 59.3 Å². The number of carbonyl (C=O) groups excluding carboxylic acids is 2. The minimum absolute atomic E-state index is 0. The highest BCUT2D eigenvalue weighted by Crippen LogP contribution is 2.24. The topological polar surface area (TPSA) is 223 Å². The Hall–Kier alpha value is -7.09. The molecule has 0 atom stereocenters. The molecule has 2 fully saturated rings. The molecule has 0 radical (unpaired) electrons. The molecule has 7 N–H and O–H groups in total. The van der Waals surface area contributed by atoms with Gasteiger partial charge in [-0.05, 0) is 100 Å². The van der Waals surface area contributed by atoms with E-state index in [9.17, 15) is 26.8 Å². The lowest BCUT2D eigenvalue weighted by Gasteiger charge is -2.38. The van der Waals surface area contributed by atoms with E-state index in [0.717, 1.165) is 76.0 Å². The Bertz CT molecular complexity index is 2800. The molecule has 4 heterocycles. The van der Waals surface area contributed by atoms with Crippen molar-refractivity contribution < 1.29 is 26.8 Å². The van der Waals surface area contributed by atoms with E-state index in [1.807, 2.05) is 24.3 Å². The van der Waals surface area contributed by atoms with Crippen LogP contribution in [0, 0.1) is 11.6 Å². The van der Waals surface area contributed by atoms with E-state index in [-0.39, 0.29) is 53.0 Å². The summed E-state index contributed by atoms with van der Waals surface area (Å²) in [6.07, 6.45) is 2.32. The molecule has 0 spiro atoms. The Balaban J connectivity index is 0.000000208. The molecule has 6 aromatic rings. The van der Waals surface area contributed by atoms with Gasteiger partial charge in [-0.25, -0.2) is 32.2 Å². The Labute approximate surface area is 409 Å². The van der Waals surface area contributed by atoms with Gasteiger partial charge in [-0.2, -0.15) is 4.98 Å². The summed E-state index contributed by atoms with van der Waals surface area (Å²) in [4.78, 5) is 50.2. The molecule has 16 nitrogen and oxygen atoms in total. The number of piperazine rings is 2. The second-order valence-electron chi connectivity index (χ2n) is 17.0. The van der Waals surface area contributed by atoms with Crippen LogP contribution in [0.15, 0.2) is 115 Å². The van der Waals surface area contributed by atoms with Crippen LogP contribution >= 0.6 is 0 Å². The van der Waals surface area contributed by atoms with Crippen LogP contribution in [-0.2, 0) is 9.84 Å². The number of hydrogen-bond acceptors (Lipinski definition) is 16. The van der Waals surface area contributed by atoms with Gasteiger partial charge in [0, 0.05) is 99.6 Å². The van der Waals surface area contributed by atoms with Crippen LogP contribution in [0.25, 0.3) is 0 Å². The Morgan fingerprint density at radius 1 is 0.600 bits per heavy atom. The predicted molar refractivity (Wildman–Crippen MR) is 275 cm³/mol. The van der Waals surface area contributed by atoms with Gasteiger partial charge in [-0.1, -0.05) is 38.6 Å². The quantitative estimate of drug-likeness (QED) is 0.0534. The van der Waals surface area contributed by atoms with Gasteiger partial charge < -0.3 is 32.3 Å². The van der Waals surface area contributed by atoms with Crippen LogP contribution < -0.4 is 32.3 Å². The van der Waals surface area contributed by atoms with Crippen LogP contribution in [-0.4, -0.2) is 120 Å². The van der Waals surface area contributed by atoms with Crippen molar-refractivity contribution in [3.05, 3.63) is 143 Å². The first-order chi connectivity index (χ1) is 32.9. The predicted octanol–water partition coefficient (Wildman–Crippen LogP) is 7.36. The van der Waals surface area contributed by atoms with Gasteiger partial charge in [0.2, 0.25) is 32.5 Å². The normalized spacial score (nSPS) is 14.2. The number of sulfone groups is 1. The molecule has 4 aromatic carbocycles. The maximum absolute atomic E-state index is 13.9. The zero-order valence-electron chi connectivity index (χ0n) is 39.5. The number of hydrogen-bond donors (Lipinski definition) is 4. The monoisotopic (exact) mass is 978 g/mol. The molecule has 0 saturated carbocycles. The Morgan fingerprint density at radius 2 is 1.01 bits per heavy atom. The summed E-state index contributed by atoms with van der Waals surface area (Å²) in [5, 5.41) is 2.65. The average Bonchev–Trinajstić information content (AvgIpc) is 3.35. The lowest BCUT2D eigenvalue weighted by Crippen LogP contribution is -2.48. The van der Waals surface area contributed by atoms with Crippen LogP contribution in [0.2, 0.25) is 0 Å². The number of aromatic nitrogens is 4. The van der Waals surface area contributed by atoms with E-state index in [0.29, 0.717) is 12.1 Å². The summed E-state index contributed by atoms with van der Waals surface area (Å²) in [6.45, 7) is 19.1. The first kappa shape index (κ1) is 53.9. The molecule has 2 aromatic heterocycles. The van der Waals surface area contributed by atoms with E-state index >= 15 is 0 Å². The van der Waals surface area contributed by atoms with Gasteiger partial charge in [0.05, 0.1) is 28.0 Å². The van der Waals surface area contributed by atoms with Crippen LogP contribution in [0.3, 0.4) is 0 Å². The second kappa shape index (κ2) is 24.5. The Morgan fingerprint density at radius 3 is 1.41 bits per heavy atom. The van der Waals surface area contributed by atoms with Crippen LogP contribution in [0.5, 0.6) is 0 Å². The molecule has 2 aliphatic rings. The lowest BCUT2D eigenvalue weighted by molar-refractivity contribution is 0.102. The van der Waals surface area contributed by atoms with E-state index in [1.54, 1.807) is 6.07 Å². The molecule has 2 aliphatic heterocycles. The fraction of sp³-hybridized carbons (Fsp3) is 0.333. The van der Waals surface area contributed by atoms with Gasteiger partial charge in [-0.15, -0.1) is 0 Å². The van der Waals surface area contributed by atoms with Crippen molar-refractivity contribution >= 4 is 61.7 Å². The standard InChI is InChI=1S/C24H27FN6O.C13H12FN3O3S.C13H21N3.CH4/c1-16(2)30-11-13-31(14-12-30)18-9-7-17(8-10-18)28-24-27-15-20(23(26)29-24)22(32)19-5-3-4-6-21(19)25;1-2-21(19,20)13-16-7-9(12(15)17-13)11(18)8-5-3-4-6-10(8)14;1-11(2)15-7-9-16(10-8-15)13-5-3-12(14)4-6-13;/h3-10,15-16H,11-14H2,1-2H3,(H3,26,27,28,29);3-7H,2H2,1H3,(H2,15,16,17);3-6,11H,7-10,14H2,1-2H3;1H4. The summed E-state index contributed by atoms with van der Waals surface area (Å²) < 4.78 is 50.8. The third-order valence-corrected chi connectivity index (χ3v) is 13.3. The van der Waals surface area contributed by atoms with Crippen molar-refractivity contribution in [1.29, 1.82) is 0 Å². The number of halogens is 2. The summed E-state index contributed by atoms with van der Waals surface area (Å²) in [5.74, 6) is -2.78. The molecular weight excluding hydrogens is 915 g/mol.